The first-order valence-electron chi connectivity index (χ1n) is 7.10. The van der Waals surface area contributed by atoms with Crippen molar-refractivity contribution in [3.8, 4) is 22.7 Å². The number of fused-ring (bicyclic) bond motifs is 1. The lowest BCUT2D eigenvalue weighted by molar-refractivity contribution is 0.544. The number of rotatable bonds is 2. The van der Waals surface area contributed by atoms with E-state index < -0.39 is 0 Å². The maximum atomic E-state index is 14.0. The molecule has 0 saturated carbocycles. The number of pyridine rings is 1. The molecule has 0 saturated heterocycles. The molecule has 2 N–H and O–H groups in total. The number of anilines is 1. The number of hydrogen-bond acceptors (Lipinski definition) is 4. The molecule has 3 heterocycles. The summed E-state index contributed by atoms with van der Waals surface area (Å²) in [4.78, 5) is 4.43. The maximum Gasteiger partial charge on any atom is 0.217 e. The smallest absolute Gasteiger partial charge is 0.217 e. The highest BCUT2D eigenvalue weighted by Crippen LogP contribution is 2.27. The minimum Gasteiger partial charge on any atom is -0.458 e. The third-order valence-electron chi connectivity index (χ3n) is 3.61. The second-order valence-electron chi connectivity index (χ2n) is 5.26. The molecule has 4 aromatic rings. The van der Waals surface area contributed by atoms with Crippen LogP contribution in [0.4, 0.5) is 10.2 Å². The summed E-state index contributed by atoms with van der Waals surface area (Å²) in [6, 6.07) is 13.6. The van der Waals surface area contributed by atoms with Crippen LogP contribution in [-0.2, 0) is 0 Å². The molecule has 0 fully saturated rings. The van der Waals surface area contributed by atoms with Gasteiger partial charge in [0.15, 0.2) is 11.4 Å². The van der Waals surface area contributed by atoms with Crippen LogP contribution in [0.5, 0.6) is 0 Å². The van der Waals surface area contributed by atoms with Crippen molar-refractivity contribution in [2.75, 3.05) is 5.73 Å². The number of aromatic nitrogens is 3. The van der Waals surface area contributed by atoms with Crippen LogP contribution in [0.2, 0.25) is 0 Å². The van der Waals surface area contributed by atoms with Crippen molar-refractivity contribution >= 4 is 11.5 Å². The molecular formula is C17H13FN4O. The zero-order chi connectivity index (χ0) is 16.0. The zero-order valence-corrected chi connectivity index (χ0v) is 12.3. The first-order chi connectivity index (χ1) is 11.1. The third-order valence-corrected chi connectivity index (χ3v) is 3.61. The molecule has 4 rings (SSSR count). The summed E-state index contributed by atoms with van der Waals surface area (Å²) >= 11 is 0. The number of hydrogen-bond donors (Lipinski definition) is 1. The van der Waals surface area contributed by atoms with Gasteiger partial charge in [-0.25, -0.2) is 9.37 Å². The lowest BCUT2D eigenvalue weighted by Gasteiger charge is -2.05. The van der Waals surface area contributed by atoms with Crippen molar-refractivity contribution in [2.45, 2.75) is 6.92 Å². The van der Waals surface area contributed by atoms with Crippen LogP contribution >= 0.6 is 0 Å². The van der Waals surface area contributed by atoms with Crippen LogP contribution < -0.4 is 5.73 Å². The van der Waals surface area contributed by atoms with Gasteiger partial charge in [0.2, 0.25) is 5.82 Å². The summed E-state index contributed by atoms with van der Waals surface area (Å²) in [6.45, 7) is 1.85. The van der Waals surface area contributed by atoms with E-state index in [0.717, 1.165) is 5.76 Å². The predicted molar refractivity (Wildman–Crippen MR) is 85.2 cm³/mol. The molecule has 3 aromatic heterocycles. The first-order valence-corrected chi connectivity index (χ1v) is 7.10. The van der Waals surface area contributed by atoms with Gasteiger partial charge in [-0.1, -0.05) is 18.2 Å². The summed E-state index contributed by atoms with van der Waals surface area (Å²) < 4.78 is 21.0. The zero-order valence-electron chi connectivity index (χ0n) is 12.3. The van der Waals surface area contributed by atoms with E-state index in [1.54, 1.807) is 36.4 Å². The molecule has 0 aliphatic carbocycles. The molecule has 0 bridgehead atoms. The minimum absolute atomic E-state index is 0.308. The predicted octanol–water partition coefficient (Wildman–Crippen LogP) is 3.69. The number of halogens is 1. The molecule has 5 nitrogen and oxygen atoms in total. The standard InChI is InChI=1S/C17H13FN4O/c1-10-6-7-14(23-10)17-20-16-9-11(8-15(19)22(16)21-17)12-4-2-3-5-13(12)18/h2-9H,19H2,1H3. The SMILES string of the molecule is Cc1ccc(-c2nc3cc(-c4ccccc4F)cc(N)n3n2)o1. The molecule has 114 valence electrons. The summed E-state index contributed by atoms with van der Waals surface area (Å²) in [5, 5.41) is 4.35. The van der Waals surface area contributed by atoms with Crippen molar-refractivity contribution in [1.82, 2.24) is 14.6 Å². The average molecular weight is 308 g/mol. The molecule has 0 unspecified atom stereocenters. The van der Waals surface area contributed by atoms with E-state index in [4.69, 9.17) is 10.2 Å². The fourth-order valence-corrected chi connectivity index (χ4v) is 2.52. The van der Waals surface area contributed by atoms with Crippen LogP contribution in [0.3, 0.4) is 0 Å². The Labute approximate surface area is 131 Å². The van der Waals surface area contributed by atoms with Crippen molar-refractivity contribution in [3.63, 3.8) is 0 Å². The molecule has 0 radical (unpaired) electrons. The molecular weight excluding hydrogens is 295 g/mol. The lowest BCUT2D eigenvalue weighted by Crippen LogP contribution is -1.99. The van der Waals surface area contributed by atoms with E-state index in [0.29, 0.717) is 34.2 Å². The maximum absolute atomic E-state index is 14.0. The largest absolute Gasteiger partial charge is 0.458 e. The van der Waals surface area contributed by atoms with E-state index >= 15 is 0 Å². The van der Waals surface area contributed by atoms with E-state index in [1.807, 2.05) is 13.0 Å². The molecule has 0 atom stereocenters. The fraction of sp³-hybridized carbons (Fsp3) is 0.0588. The Morgan fingerprint density at radius 2 is 1.96 bits per heavy atom. The topological polar surface area (TPSA) is 69.3 Å². The molecule has 0 amide bonds. The van der Waals surface area contributed by atoms with Gasteiger partial charge in [0, 0.05) is 5.56 Å². The average Bonchev–Trinajstić information content (AvgIpc) is 3.14. The fourth-order valence-electron chi connectivity index (χ4n) is 2.52. The van der Waals surface area contributed by atoms with E-state index in [1.165, 1.54) is 10.6 Å². The second kappa shape index (κ2) is 4.95. The van der Waals surface area contributed by atoms with Crippen molar-refractivity contribution in [3.05, 3.63) is 60.1 Å². The third kappa shape index (κ3) is 2.24. The Hall–Kier alpha value is -3.15. The van der Waals surface area contributed by atoms with Crippen LogP contribution in [0.1, 0.15) is 5.76 Å². The van der Waals surface area contributed by atoms with Crippen LogP contribution in [0, 0.1) is 12.7 Å². The Morgan fingerprint density at radius 1 is 1.13 bits per heavy atom. The number of benzene rings is 1. The Morgan fingerprint density at radius 3 is 2.70 bits per heavy atom. The summed E-state index contributed by atoms with van der Waals surface area (Å²) in [5.74, 6) is 1.85. The summed E-state index contributed by atoms with van der Waals surface area (Å²) in [5.41, 5.74) is 7.71. The molecule has 1 aromatic carbocycles. The van der Waals surface area contributed by atoms with E-state index in [-0.39, 0.29) is 5.82 Å². The van der Waals surface area contributed by atoms with Crippen molar-refractivity contribution in [1.29, 1.82) is 0 Å². The quantitative estimate of drug-likeness (QED) is 0.613. The van der Waals surface area contributed by atoms with Crippen LogP contribution in [0.25, 0.3) is 28.4 Å². The van der Waals surface area contributed by atoms with E-state index in [2.05, 4.69) is 10.1 Å². The molecule has 0 aliphatic rings. The number of furan rings is 1. The monoisotopic (exact) mass is 308 g/mol. The molecule has 0 aliphatic heterocycles. The number of nitrogen functional groups attached to an aromatic ring is 1. The van der Waals surface area contributed by atoms with Gasteiger partial charge in [0.1, 0.15) is 17.4 Å². The molecule has 23 heavy (non-hydrogen) atoms. The highest BCUT2D eigenvalue weighted by atomic mass is 19.1. The van der Waals surface area contributed by atoms with Gasteiger partial charge >= 0.3 is 0 Å². The van der Waals surface area contributed by atoms with Gasteiger partial charge < -0.3 is 10.2 Å². The minimum atomic E-state index is -0.308. The van der Waals surface area contributed by atoms with Crippen LogP contribution in [-0.4, -0.2) is 14.6 Å². The Balaban J connectivity index is 1.89. The Kier molecular flexibility index (Phi) is 2.90. The van der Waals surface area contributed by atoms with Gasteiger partial charge in [-0.05, 0) is 42.8 Å². The van der Waals surface area contributed by atoms with Gasteiger partial charge in [0.25, 0.3) is 0 Å². The second-order valence-corrected chi connectivity index (χ2v) is 5.26. The van der Waals surface area contributed by atoms with E-state index in [9.17, 15) is 4.39 Å². The highest BCUT2D eigenvalue weighted by Gasteiger charge is 2.14. The van der Waals surface area contributed by atoms with Crippen LogP contribution in [0.15, 0.2) is 52.9 Å². The Bertz CT molecular complexity index is 1020. The molecule has 6 heteroatoms. The van der Waals surface area contributed by atoms with Gasteiger partial charge in [-0.2, -0.15) is 4.52 Å². The van der Waals surface area contributed by atoms with Gasteiger partial charge in [-0.15, -0.1) is 5.10 Å². The van der Waals surface area contributed by atoms with Crippen molar-refractivity contribution < 1.29 is 8.81 Å². The van der Waals surface area contributed by atoms with Gasteiger partial charge in [-0.3, -0.25) is 0 Å². The first kappa shape index (κ1) is 13.5. The molecule has 0 spiro atoms. The number of nitrogens with two attached hydrogens (primary N) is 1. The summed E-state index contributed by atoms with van der Waals surface area (Å²) in [6.07, 6.45) is 0. The highest BCUT2D eigenvalue weighted by molar-refractivity contribution is 5.72. The summed E-state index contributed by atoms with van der Waals surface area (Å²) in [7, 11) is 0. The van der Waals surface area contributed by atoms with Gasteiger partial charge in [0.05, 0.1) is 0 Å². The normalized spacial score (nSPS) is 11.2. The number of nitrogens with zero attached hydrogens (tertiary/aromatic N) is 3. The van der Waals surface area contributed by atoms with Crippen molar-refractivity contribution in [2.24, 2.45) is 0 Å². The number of aryl methyl sites for hydroxylation is 1. The lowest BCUT2D eigenvalue weighted by atomic mass is 10.1.